The number of nitrogens with one attached hydrogen (secondary N) is 2. The maximum atomic E-state index is 3.83. The second kappa shape index (κ2) is 2.81. The molecule has 2 N–H and O–H groups in total. The summed E-state index contributed by atoms with van der Waals surface area (Å²) in [6.07, 6.45) is 0. The lowest BCUT2D eigenvalue weighted by molar-refractivity contribution is 0.881. The van der Waals surface area contributed by atoms with Crippen molar-refractivity contribution < 1.29 is 0 Å². The smallest absolute Gasteiger partial charge is 0.269 e. The van der Waals surface area contributed by atoms with Gasteiger partial charge in [-0.15, -0.1) is 15.3 Å². The molecule has 0 saturated carbocycles. The molecule has 0 atom stereocenters. The summed E-state index contributed by atoms with van der Waals surface area (Å²) in [5, 5.41) is 25.1. The molecule has 0 aromatic carbocycles. The van der Waals surface area contributed by atoms with Crippen molar-refractivity contribution in [1.29, 1.82) is 0 Å². The van der Waals surface area contributed by atoms with Gasteiger partial charge < -0.3 is 0 Å². The van der Waals surface area contributed by atoms with Gasteiger partial charge in [-0.05, 0) is 12.1 Å². The number of nitrogens with zero attached hydrogens (tertiary/aromatic N) is 5. The molecule has 0 bridgehead atoms. The molecule has 0 saturated heterocycles. The van der Waals surface area contributed by atoms with Crippen LogP contribution >= 0.6 is 11.3 Å². The molecule has 2 aromatic heterocycles. The van der Waals surface area contributed by atoms with Crippen LogP contribution in [0.25, 0.3) is 0 Å². The van der Waals surface area contributed by atoms with Crippen molar-refractivity contribution in [2.45, 2.75) is 6.92 Å². The summed E-state index contributed by atoms with van der Waals surface area (Å²) < 4.78 is 0. The van der Waals surface area contributed by atoms with E-state index in [9.17, 15) is 0 Å². The molecule has 8 heteroatoms. The van der Waals surface area contributed by atoms with Gasteiger partial charge in [0.05, 0.1) is 0 Å². The van der Waals surface area contributed by atoms with Gasteiger partial charge in [-0.1, -0.05) is 16.4 Å². The number of hydrogen-bond donors (Lipinski definition) is 2. The Morgan fingerprint density at radius 1 is 1.33 bits per heavy atom. The molecular weight excluding hydrogens is 178 g/mol. The molecule has 2 aromatic rings. The third-order valence-corrected chi connectivity index (χ3v) is 1.84. The average Bonchev–Trinajstić information content (AvgIpc) is 2.63. The van der Waals surface area contributed by atoms with Gasteiger partial charge in [-0.3, -0.25) is 5.32 Å². The Morgan fingerprint density at radius 3 is 2.83 bits per heavy atom. The highest BCUT2D eigenvalue weighted by Crippen LogP contribution is 2.16. The van der Waals surface area contributed by atoms with Gasteiger partial charge >= 0.3 is 0 Å². The first-order valence-corrected chi connectivity index (χ1v) is 3.97. The zero-order valence-corrected chi connectivity index (χ0v) is 6.96. The first-order chi connectivity index (χ1) is 5.84. The van der Waals surface area contributed by atoms with E-state index in [4.69, 9.17) is 0 Å². The second-order valence-electron chi connectivity index (χ2n) is 1.99. The first kappa shape index (κ1) is 7.10. The Hall–Kier alpha value is -1.57. The van der Waals surface area contributed by atoms with E-state index in [0.717, 1.165) is 5.01 Å². The van der Waals surface area contributed by atoms with Crippen molar-refractivity contribution in [3.8, 4) is 0 Å². The number of H-pyrrole nitrogens is 1. The van der Waals surface area contributed by atoms with E-state index in [0.29, 0.717) is 11.1 Å². The molecule has 0 aliphatic rings. The molecular formula is C4H5N7S. The largest absolute Gasteiger partial charge is 0.296 e. The van der Waals surface area contributed by atoms with Crippen molar-refractivity contribution in [3.05, 3.63) is 5.01 Å². The first-order valence-electron chi connectivity index (χ1n) is 3.15. The molecule has 0 amide bonds. The Bertz CT molecular complexity index is 351. The van der Waals surface area contributed by atoms with E-state index in [-0.39, 0.29) is 0 Å². The average molecular weight is 183 g/mol. The summed E-state index contributed by atoms with van der Waals surface area (Å²) in [4.78, 5) is 0. The standard InChI is InChI=1S/C4H5N7S/c1-2-6-9-4(12-2)5-3-7-10-11-8-3/h1H3,(H2,5,7,8,9,10,11). The van der Waals surface area contributed by atoms with E-state index < -0.39 is 0 Å². The van der Waals surface area contributed by atoms with Gasteiger partial charge in [-0.25, -0.2) is 0 Å². The molecule has 0 aliphatic heterocycles. The van der Waals surface area contributed by atoms with Gasteiger partial charge in [0, 0.05) is 0 Å². The van der Waals surface area contributed by atoms with Crippen LogP contribution in [0.2, 0.25) is 0 Å². The molecule has 62 valence electrons. The molecule has 7 nitrogen and oxygen atoms in total. The molecule has 0 spiro atoms. The van der Waals surface area contributed by atoms with Gasteiger partial charge in [0.1, 0.15) is 5.01 Å². The van der Waals surface area contributed by atoms with Crippen LogP contribution in [0.3, 0.4) is 0 Å². The van der Waals surface area contributed by atoms with Gasteiger partial charge in [-0.2, -0.15) is 5.21 Å². The fourth-order valence-electron chi connectivity index (χ4n) is 0.657. The molecule has 2 rings (SSSR count). The number of aryl methyl sites for hydroxylation is 1. The molecule has 0 fully saturated rings. The van der Waals surface area contributed by atoms with E-state index in [2.05, 4.69) is 36.1 Å². The lowest BCUT2D eigenvalue weighted by Crippen LogP contribution is -1.91. The number of hydrogen-bond acceptors (Lipinski definition) is 7. The molecule has 0 radical (unpaired) electrons. The highest BCUT2D eigenvalue weighted by molar-refractivity contribution is 7.15. The van der Waals surface area contributed by atoms with Crippen LogP contribution in [-0.2, 0) is 0 Å². The van der Waals surface area contributed by atoms with Crippen LogP contribution < -0.4 is 5.32 Å². The minimum atomic E-state index is 0.395. The lowest BCUT2D eigenvalue weighted by atomic mass is 10.9. The van der Waals surface area contributed by atoms with E-state index in [1.54, 1.807) is 0 Å². The Morgan fingerprint density at radius 2 is 2.25 bits per heavy atom. The summed E-state index contributed by atoms with van der Waals surface area (Å²) in [5.74, 6) is 0.395. The van der Waals surface area contributed by atoms with Crippen molar-refractivity contribution >= 4 is 22.4 Å². The number of tetrazole rings is 1. The van der Waals surface area contributed by atoms with Crippen LogP contribution in [0.4, 0.5) is 11.1 Å². The maximum absolute atomic E-state index is 3.83. The van der Waals surface area contributed by atoms with E-state index >= 15 is 0 Å². The van der Waals surface area contributed by atoms with Crippen LogP contribution in [0.5, 0.6) is 0 Å². The third kappa shape index (κ3) is 1.37. The van der Waals surface area contributed by atoms with Gasteiger partial charge in [0.2, 0.25) is 5.13 Å². The molecule has 0 aliphatic carbocycles. The SMILES string of the molecule is Cc1nnc(Nc2nn[nH]n2)s1. The summed E-state index contributed by atoms with van der Waals surface area (Å²) in [6, 6.07) is 0. The zero-order chi connectivity index (χ0) is 8.39. The van der Waals surface area contributed by atoms with Crippen molar-refractivity contribution in [3.63, 3.8) is 0 Å². The second-order valence-corrected chi connectivity index (χ2v) is 3.17. The zero-order valence-electron chi connectivity index (χ0n) is 6.14. The summed E-state index contributed by atoms with van der Waals surface area (Å²) >= 11 is 1.43. The molecule has 2 heterocycles. The number of rotatable bonds is 2. The monoisotopic (exact) mass is 183 g/mol. The quantitative estimate of drug-likeness (QED) is 0.686. The molecule has 0 unspecified atom stereocenters. The maximum Gasteiger partial charge on any atom is 0.269 e. The van der Waals surface area contributed by atoms with Crippen LogP contribution in [-0.4, -0.2) is 30.8 Å². The highest BCUT2D eigenvalue weighted by Gasteiger charge is 2.02. The summed E-state index contributed by atoms with van der Waals surface area (Å²) in [6.45, 7) is 1.87. The van der Waals surface area contributed by atoms with Crippen LogP contribution in [0.1, 0.15) is 5.01 Å². The summed E-state index contributed by atoms with van der Waals surface area (Å²) in [7, 11) is 0. The topological polar surface area (TPSA) is 92.3 Å². The van der Waals surface area contributed by atoms with Crippen LogP contribution in [0, 0.1) is 6.92 Å². The van der Waals surface area contributed by atoms with Crippen molar-refractivity contribution in [2.75, 3.05) is 5.32 Å². The number of aromatic nitrogens is 6. The van der Waals surface area contributed by atoms with Crippen molar-refractivity contribution in [2.24, 2.45) is 0 Å². The third-order valence-electron chi connectivity index (χ3n) is 1.09. The molecule has 12 heavy (non-hydrogen) atoms. The Kier molecular flexibility index (Phi) is 1.67. The highest BCUT2D eigenvalue weighted by atomic mass is 32.1. The van der Waals surface area contributed by atoms with Gasteiger partial charge in [0.25, 0.3) is 5.95 Å². The minimum absolute atomic E-state index is 0.395. The predicted molar refractivity (Wildman–Crippen MR) is 42.1 cm³/mol. The predicted octanol–water partition coefficient (Wildman–Crippen LogP) is 0.103. The Balaban J connectivity index is 2.14. The fraction of sp³-hybridized carbons (Fsp3) is 0.250. The number of aromatic amines is 1. The fourth-order valence-corrected chi connectivity index (χ4v) is 1.24. The number of anilines is 2. The van der Waals surface area contributed by atoms with E-state index in [1.807, 2.05) is 6.92 Å². The van der Waals surface area contributed by atoms with E-state index in [1.165, 1.54) is 11.3 Å². The lowest BCUT2D eigenvalue weighted by Gasteiger charge is -1.89. The van der Waals surface area contributed by atoms with Crippen molar-refractivity contribution in [1.82, 2.24) is 30.8 Å². The Labute approximate surface area is 71.2 Å². The van der Waals surface area contributed by atoms with Crippen LogP contribution in [0.15, 0.2) is 0 Å². The van der Waals surface area contributed by atoms with Gasteiger partial charge in [0.15, 0.2) is 0 Å². The minimum Gasteiger partial charge on any atom is -0.296 e. The summed E-state index contributed by atoms with van der Waals surface area (Å²) in [5.41, 5.74) is 0. The normalized spacial score (nSPS) is 10.1.